The van der Waals surface area contributed by atoms with Crippen molar-refractivity contribution in [2.45, 2.75) is 19.4 Å². The molecule has 0 aliphatic heterocycles. The topological polar surface area (TPSA) is 76.4 Å². The Bertz CT molecular complexity index is 370. The summed E-state index contributed by atoms with van der Waals surface area (Å²) >= 11 is 0. The van der Waals surface area contributed by atoms with Gasteiger partial charge in [0.15, 0.2) is 0 Å². The van der Waals surface area contributed by atoms with Gasteiger partial charge in [-0.1, -0.05) is 0 Å². The third-order valence-electron chi connectivity index (χ3n) is 2.66. The molecule has 2 N–H and O–H groups in total. The second-order valence-corrected chi connectivity index (χ2v) is 3.91. The second kappa shape index (κ2) is 6.36. The quantitative estimate of drug-likeness (QED) is 0.726. The predicted molar refractivity (Wildman–Crippen MR) is 62.8 cm³/mol. The maximum absolute atomic E-state index is 11.9. The van der Waals surface area contributed by atoms with Gasteiger partial charge in [-0.3, -0.25) is 9.48 Å². The van der Waals surface area contributed by atoms with Crippen LogP contribution in [0.1, 0.15) is 22.5 Å². The number of aliphatic hydroxyl groups is 1. The van der Waals surface area contributed by atoms with Crippen LogP contribution in [-0.4, -0.2) is 47.2 Å². The summed E-state index contributed by atoms with van der Waals surface area (Å²) in [6.45, 7) is 2.23. The van der Waals surface area contributed by atoms with Gasteiger partial charge in [-0.15, -0.1) is 0 Å². The zero-order valence-corrected chi connectivity index (χ0v) is 10.4. The number of amides is 1. The Balaban J connectivity index is 2.66. The van der Waals surface area contributed by atoms with E-state index in [1.807, 2.05) is 6.92 Å². The maximum atomic E-state index is 11.9. The molecule has 1 rings (SSSR count). The fourth-order valence-electron chi connectivity index (χ4n) is 1.54. The molecule has 0 aromatic carbocycles. The van der Waals surface area contributed by atoms with Gasteiger partial charge in [0.1, 0.15) is 0 Å². The lowest BCUT2D eigenvalue weighted by atomic mass is 10.2. The SMILES string of the molecule is COCC(CCO)NC(=O)c1cnn(C)c1C. The number of hydrogen-bond acceptors (Lipinski definition) is 4. The first kappa shape index (κ1) is 13.7. The molecule has 96 valence electrons. The van der Waals surface area contributed by atoms with Crippen LogP contribution in [0.3, 0.4) is 0 Å². The molecule has 1 amide bonds. The molecule has 0 radical (unpaired) electrons. The van der Waals surface area contributed by atoms with E-state index in [2.05, 4.69) is 10.4 Å². The normalized spacial score (nSPS) is 12.5. The number of nitrogens with zero attached hydrogens (tertiary/aromatic N) is 2. The molecule has 1 unspecified atom stereocenters. The fourth-order valence-corrected chi connectivity index (χ4v) is 1.54. The Labute approximate surface area is 101 Å². The lowest BCUT2D eigenvalue weighted by Crippen LogP contribution is -2.38. The monoisotopic (exact) mass is 241 g/mol. The molecule has 6 nitrogen and oxygen atoms in total. The van der Waals surface area contributed by atoms with Crippen LogP contribution in [0.2, 0.25) is 0 Å². The number of aryl methyl sites for hydroxylation is 1. The minimum atomic E-state index is -0.189. The van der Waals surface area contributed by atoms with Crippen LogP contribution >= 0.6 is 0 Å². The van der Waals surface area contributed by atoms with Crippen LogP contribution in [-0.2, 0) is 11.8 Å². The highest BCUT2D eigenvalue weighted by Crippen LogP contribution is 2.06. The van der Waals surface area contributed by atoms with E-state index in [4.69, 9.17) is 9.84 Å². The van der Waals surface area contributed by atoms with Gasteiger partial charge in [-0.2, -0.15) is 5.10 Å². The highest BCUT2D eigenvalue weighted by Gasteiger charge is 2.16. The van der Waals surface area contributed by atoms with Crippen LogP contribution in [0.5, 0.6) is 0 Å². The molecule has 1 atom stereocenters. The molecule has 1 aromatic heterocycles. The van der Waals surface area contributed by atoms with E-state index in [0.29, 0.717) is 18.6 Å². The van der Waals surface area contributed by atoms with Crippen LogP contribution in [0.25, 0.3) is 0 Å². The Morgan fingerprint density at radius 1 is 1.71 bits per heavy atom. The second-order valence-electron chi connectivity index (χ2n) is 3.91. The van der Waals surface area contributed by atoms with E-state index in [0.717, 1.165) is 5.69 Å². The Kier molecular flexibility index (Phi) is 5.11. The maximum Gasteiger partial charge on any atom is 0.255 e. The van der Waals surface area contributed by atoms with Gasteiger partial charge in [-0.25, -0.2) is 0 Å². The number of ether oxygens (including phenoxy) is 1. The Hall–Kier alpha value is -1.40. The van der Waals surface area contributed by atoms with Crippen LogP contribution < -0.4 is 5.32 Å². The smallest absolute Gasteiger partial charge is 0.255 e. The van der Waals surface area contributed by atoms with Crippen molar-refractivity contribution in [1.29, 1.82) is 0 Å². The first-order valence-electron chi connectivity index (χ1n) is 5.49. The number of aliphatic hydroxyl groups excluding tert-OH is 1. The van der Waals surface area contributed by atoms with Crippen LogP contribution in [0.15, 0.2) is 6.20 Å². The van der Waals surface area contributed by atoms with Crippen molar-refractivity contribution in [2.24, 2.45) is 7.05 Å². The van der Waals surface area contributed by atoms with E-state index in [1.165, 1.54) is 6.20 Å². The zero-order chi connectivity index (χ0) is 12.8. The number of carbonyl (C=O) groups excluding carboxylic acids is 1. The summed E-state index contributed by atoms with van der Waals surface area (Å²) in [6.07, 6.45) is 2.01. The predicted octanol–water partition coefficient (Wildman–Crippen LogP) is -0.144. The van der Waals surface area contributed by atoms with Gasteiger partial charge in [0, 0.05) is 26.5 Å². The summed E-state index contributed by atoms with van der Waals surface area (Å²) in [6, 6.07) is -0.183. The molecule has 0 bridgehead atoms. The average Bonchev–Trinajstić information content (AvgIpc) is 2.60. The number of carbonyl (C=O) groups is 1. The first-order chi connectivity index (χ1) is 8.10. The molecule has 0 aliphatic rings. The summed E-state index contributed by atoms with van der Waals surface area (Å²) < 4.78 is 6.63. The molecule has 0 fully saturated rings. The number of methoxy groups -OCH3 is 1. The Morgan fingerprint density at radius 2 is 2.41 bits per heavy atom. The molecule has 0 saturated heterocycles. The van der Waals surface area contributed by atoms with Crippen molar-refractivity contribution < 1.29 is 14.6 Å². The minimum absolute atomic E-state index is 0.0142. The molecule has 0 spiro atoms. The summed E-state index contributed by atoms with van der Waals surface area (Å²) in [4.78, 5) is 11.9. The van der Waals surface area contributed by atoms with Crippen molar-refractivity contribution in [3.63, 3.8) is 0 Å². The van der Waals surface area contributed by atoms with E-state index < -0.39 is 0 Å². The number of rotatable bonds is 6. The van der Waals surface area contributed by atoms with Crippen molar-refractivity contribution in [3.8, 4) is 0 Å². The van der Waals surface area contributed by atoms with Crippen molar-refractivity contribution >= 4 is 5.91 Å². The molecule has 1 aromatic rings. The van der Waals surface area contributed by atoms with Crippen molar-refractivity contribution in [1.82, 2.24) is 15.1 Å². The lowest BCUT2D eigenvalue weighted by molar-refractivity contribution is 0.0878. The van der Waals surface area contributed by atoms with Gasteiger partial charge < -0.3 is 15.2 Å². The average molecular weight is 241 g/mol. The number of hydrogen-bond donors (Lipinski definition) is 2. The number of nitrogens with one attached hydrogen (secondary N) is 1. The van der Waals surface area contributed by atoms with Gasteiger partial charge >= 0.3 is 0 Å². The first-order valence-corrected chi connectivity index (χ1v) is 5.49. The highest BCUT2D eigenvalue weighted by atomic mass is 16.5. The van der Waals surface area contributed by atoms with Crippen molar-refractivity contribution in [3.05, 3.63) is 17.5 Å². The molecule has 17 heavy (non-hydrogen) atoms. The van der Waals surface area contributed by atoms with Crippen molar-refractivity contribution in [2.75, 3.05) is 20.3 Å². The molecule has 0 aliphatic carbocycles. The third kappa shape index (κ3) is 3.54. The van der Waals surface area contributed by atoms with Crippen LogP contribution in [0.4, 0.5) is 0 Å². The molecular weight excluding hydrogens is 222 g/mol. The fraction of sp³-hybridized carbons (Fsp3) is 0.636. The summed E-state index contributed by atoms with van der Waals surface area (Å²) in [7, 11) is 3.35. The summed E-state index contributed by atoms with van der Waals surface area (Å²) in [5.74, 6) is -0.189. The summed E-state index contributed by atoms with van der Waals surface area (Å²) in [5.41, 5.74) is 1.36. The van der Waals surface area contributed by atoms with Gasteiger partial charge in [-0.05, 0) is 13.3 Å². The van der Waals surface area contributed by atoms with Gasteiger partial charge in [0.2, 0.25) is 0 Å². The van der Waals surface area contributed by atoms with Crippen LogP contribution in [0, 0.1) is 6.92 Å². The van der Waals surface area contributed by atoms with E-state index in [1.54, 1.807) is 18.8 Å². The van der Waals surface area contributed by atoms with E-state index in [-0.39, 0.29) is 18.6 Å². The molecule has 1 heterocycles. The molecular formula is C11H19N3O3. The third-order valence-corrected chi connectivity index (χ3v) is 2.66. The molecule has 6 heteroatoms. The van der Waals surface area contributed by atoms with Gasteiger partial charge in [0.05, 0.1) is 24.4 Å². The van der Waals surface area contributed by atoms with E-state index in [9.17, 15) is 4.79 Å². The largest absolute Gasteiger partial charge is 0.396 e. The zero-order valence-electron chi connectivity index (χ0n) is 10.4. The van der Waals surface area contributed by atoms with E-state index >= 15 is 0 Å². The number of aromatic nitrogens is 2. The Morgan fingerprint density at radius 3 is 2.88 bits per heavy atom. The standard InChI is InChI=1S/C11H19N3O3/c1-8-10(6-12-14(8)2)11(16)13-9(4-5-15)7-17-3/h6,9,15H,4-5,7H2,1-3H3,(H,13,16). The minimum Gasteiger partial charge on any atom is -0.396 e. The molecule has 0 saturated carbocycles. The highest BCUT2D eigenvalue weighted by molar-refractivity contribution is 5.95. The summed E-state index contributed by atoms with van der Waals surface area (Å²) in [5, 5.41) is 15.7. The lowest BCUT2D eigenvalue weighted by Gasteiger charge is -2.16. The van der Waals surface area contributed by atoms with Gasteiger partial charge in [0.25, 0.3) is 5.91 Å².